The van der Waals surface area contributed by atoms with Crippen LogP contribution in [0.2, 0.25) is 0 Å². The highest BCUT2D eigenvalue weighted by Crippen LogP contribution is 1.97. The largest absolute Gasteiger partial charge is 0.106 e. The summed E-state index contributed by atoms with van der Waals surface area (Å²) >= 11 is 0. The first-order valence-electron chi connectivity index (χ1n) is 5.62. The van der Waals surface area contributed by atoms with Crippen LogP contribution in [-0.2, 0) is 0 Å². The summed E-state index contributed by atoms with van der Waals surface area (Å²) in [4.78, 5) is 0. The fourth-order valence-electron chi connectivity index (χ4n) is 0.589. The Morgan fingerprint density at radius 3 is 1.53 bits per heavy atom. The normalized spacial score (nSPS) is 6.47. The fraction of sp³-hybridized carbons (Fsp3) is 0.176. The molecule has 0 aliphatic rings. The van der Waals surface area contributed by atoms with Gasteiger partial charge in [0.25, 0.3) is 0 Å². The molecule has 0 saturated carbocycles. The average molecular weight is 230 g/mol. The Balaban J connectivity index is -0.000000186. The summed E-state index contributed by atoms with van der Waals surface area (Å²) in [6, 6.07) is 10.0. The molecule has 0 unspecified atom stereocenters. The summed E-state index contributed by atoms with van der Waals surface area (Å²) in [5.74, 6) is 0. The standard InChI is InChI=1S/C8H8.C4H8.C3H6.C2H4/c1-2-8-6-4-3-5-7-8;1-3-4-2;1-3-2;1-2/h2-7H,1H2;3H,1,4H2,2H3;3H,1H2,2H3;1-2H2. The third kappa shape index (κ3) is 25.0. The predicted molar refractivity (Wildman–Crippen MR) is 84.1 cm³/mol. The number of rotatable bonds is 2. The molecule has 0 atom stereocenters. The van der Waals surface area contributed by atoms with Crippen LogP contribution in [0.15, 0.2) is 75.4 Å². The molecule has 0 nitrogen and oxygen atoms in total. The molecule has 0 aliphatic carbocycles. The van der Waals surface area contributed by atoms with Crippen LogP contribution in [-0.4, -0.2) is 0 Å². The van der Waals surface area contributed by atoms with Crippen molar-refractivity contribution in [1.82, 2.24) is 0 Å². The summed E-state index contributed by atoms with van der Waals surface area (Å²) in [5.41, 5.74) is 1.17. The van der Waals surface area contributed by atoms with E-state index in [1.54, 1.807) is 6.08 Å². The van der Waals surface area contributed by atoms with Crippen molar-refractivity contribution in [1.29, 1.82) is 0 Å². The van der Waals surface area contributed by atoms with Crippen molar-refractivity contribution in [2.75, 3.05) is 0 Å². The van der Waals surface area contributed by atoms with E-state index in [2.05, 4.69) is 39.8 Å². The Labute approximate surface area is 108 Å². The maximum absolute atomic E-state index is 3.63. The van der Waals surface area contributed by atoms with Gasteiger partial charge in [0.05, 0.1) is 0 Å². The Bertz CT molecular complexity index is 257. The number of hydrogen-bond donors (Lipinski definition) is 0. The van der Waals surface area contributed by atoms with Crippen LogP contribution in [0.5, 0.6) is 0 Å². The molecule has 0 heterocycles. The van der Waals surface area contributed by atoms with Gasteiger partial charge >= 0.3 is 0 Å². The van der Waals surface area contributed by atoms with Crippen molar-refractivity contribution < 1.29 is 0 Å². The number of hydrogen-bond acceptors (Lipinski definition) is 0. The average Bonchev–Trinajstić information content (AvgIpc) is 2.43. The molecule has 1 aromatic carbocycles. The van der Waals surface area contributed by atoms with Gasteiger partial charge in [-0.2, -0.15) is 0 Å². The van der Waals surface area contributed by atoms with Crippen LogP contribution >= 0.6 is 0 Å². The second-order valence-electron chi connectivity index (χ2n) is 2.72. The molecule has 0 aliphatic heterocycles. The summed E-state index contributed by atoms with van der Waals surface area (Å²) < 4.78 is 0. The van der Waals surface area contributed by atoms with Crippen LogP contribution in [0.3, 0.4) is 0 Å². The van der Waals surface area contributed by atoms with E-state index in [1.165, 1.54) is 5.56 Å². The molecule has 0 fully saturated rings. The van der Waals surface area contributed by atoms with Gasteiger partial charge in [-0.25, -0.2) is 0 Å². The van der Waals surface area contributed by atoms with Crippen LogP contribution in [0, 0.1) is 0 Å². The monoisotopic (exact) mass is 230 g/mol. The molecule has 0 aromatic heterocycles. The molecule has 0 radical (unpaired) electrons. The van der Waals surface area contributed by atoms with Gasteiger partial charge in [0, 0.05) is 0 Å². The molecule has 1 rings (SSSR count). The summed E-state index contributed by atoms with van der Waals surface area (Å²) in [7, 11) is 0. The number of allylic oxidation sites excluding steroid dienone is 2. The highest BCUT2D eigenvalue weighted by atomic mass is 13.8. The van der Waals surface area contributed by atoms with Crippen molar-refractivity contribution in [2.45, 2.75) is 20.3 Å². The zero-order valence-electron chi connectivity index (χ0n) is 11.4. The van der Waals surface area contributed by atoms with E-state index in [0.717, 1.165) is 6.42 Å². The van der Waals surface area contributed by atoms with Gasteiger partial charge in [0.15, 0.2) is 0 Å². The van der Waals surface area contributed by atoms with Crippen molar-refractivity contribution in [2.24, 2.45) is 0 Å². The van der Waals surface area contributed by atoms with Crippen molar-refractivity contribution in [3.63, 3.8) is 0 Å². The molecule has 1 aromatic rings. The van der Waals surface area contributed by atoms with Gasteiger partial charge in [-0.15, -0.1) is 26.3 Å². The lowest BCUT2D eigenvalue weighted by atomic mass is 10.2. The minimum atomic E-state index is 1.08. The van der Waals surface area contributed by atoms with Crippen LogP contribution < -0.4 is 0 Å². The van der Waals surface area contributed by atoms with Gasteiger partial charge < -0.3 is 0 Å². The SMILES string of the molecule is C=C.C=CC.C=CCC.C=Cc1ccccc1. The van der Waals surface area contributed by atoms with Gasteiger partial charge in [-0.1, -0.05) is 62.1 Å². The quantitative estimate of drug-likeness (QED) is 0.554. The molecule has 0 saturated heterocycles. The Kier molecular flexibility index (Phi) is 28.8. The van der Waals surface area contributed by atoms with E-state index in [9.17, 15) is 0 Å². The molecular formula is C17H26. The zero-order valence-corrected chi connectivity index (χ0v) is 11.4. The van der Waals surface area contributed by atoms with E-state index in [0.29, 0.717) is 0 Å². The molecule has 0 bridgehead atoms. The first-order valence-corrected chi connectivity index (χ1v) is 5.62. The topological polar surface area (TPSA) is 0 Å². The third-order valence-corrected chi connectivity index (χ3v) is 1.32. The van der Waals surface area contributed by atoms with E-state index in [4.69, 9.17) is 0 Å². The van der Waals surface area contributed by atoms with Gasteiger partial charge in [-0.05, 0) is 18.9 Å². The lowest BCUT2D eigenvalue weighted by Gasteiger charge is -1.85. The molecule has 0 amide bonds. The molecule has 0 N–H and O–H groups in total. The maximum atomic E-state index is 3.63. The molecule has 0 spiro atoms. The van der Waals surface area contributed by atoms with Crippen molar-refractivity contribution >= 4 is 6.08 Å². The summed E-state index contributed by atoms with van der Waals surface area (Å²) in [5, 5.41) is 0. The lowest BCUT2D eigenvalue weighted by molar-refractivity contribution is 1.23. The molecule has 94 valence electrons. The minimum Gasteiger partial charge on any atom is -0.106 e. The first-order chi connectivity index (χ1) is 8.26. The highest BCUT2D eigenvalue weighted by Gasteiger charge is 1.75. The Morgan fingerprint density at radius 2 is 1.35 bits per heavy atom. The van der Waals surface area contributed by atoms with Crippen LogP contribution in [0.25, 0.3) is 6.08 Å². The first kappa shape index (κ1) is 20.6. The van der Waals surface area contributed by atoms with E-state index in [1.807, 2.05) is 49.4 Å². The minimum absolute atomic E-state index is 1.08. The number of benzene rings is 1. The van der Waals surface area contributed by atoms with Gasteiger partial charge in [-0.3, -0.25) is 0 Å². The van der Waals surface area contributed by atoms with Crippen LogP contribution in [0.4, 0.5) is 0 Å². The Hall–Kier alpha value is -1.82. The molecular weight excluding hydrogens is 204 g/mol. The highest BCUT2D eigenvalue weighted by molar-refractivity contribution is 5.45. The van der Waals surface area contributed by atoms with Crippen molar-refractivity contribution in [3.05, 3.63) is 80.9 Å². The van der Waals surface area contributed by atoms with E-state index >= 15 is 0 Å². The van der Waals surface area contributed by atoms with Gasteiger partial charge in [0.2, 0.25) is 0 Å². The van der Waals surface area contributed by atoms with Crippen LogP contribution in [0.1, 0.15) is 25.8 Å². The predicted octanol–water partition coefficient (Wildman–Crippen LogP) is 5.91. The fourth-order valence-corrected chi connectivity index (χ4v) is 0.589. The third-order valence-electron chi connectivity index (χ3n) is 1.32. The second kappa shape index (κ2) is 23.8. The smallest absolute Gasteiger partial charge is 0.0263 e. The van der Waals surface area contributed by atoms with E-state index < -0.39 is 0 Å². The second-order valence-corrected chi connectivity index (χ2v) is 2.72. The summed E-state index contributed by atoms with van der Waals surface area (Å²) in [6.07, 6.45) is 6.54. The maximum Gasteiger partial charge on any atom is -0.0263 e. The van der Waals surface area contributed by atoms with Crippen molar-refractivity contribution in [3.8, 4) is 0 Å². The summed E-state index contributed by atoms with van der Waals surface area (Å²) in [6.45, 7) is 20.4. The molecule has 17 heavy (non-hydrogen) atoms. The lowest BCUT2D eigenvalue weighted by Crippen LogP contribution is -1.63. The Morgan fingerprint density at radius 1 is 1.00 bits per heavy atom. The zero-order chi connectivity index (χ0) is 13.9. The van der Waals surface area contributed by atoms with Gasteiger partial charge in [0.1, 0.15) is 0 Å². The molecule has 0 heteroatoms. The van der Waals surface area contributed by atoms with E-state index in [-0.39, 0.29) is 0 Å².